The SMILES string of the molecule is O=C1C2C(C(=O)N1OCCCCl)[C@H]1C=C[C@@H]2C1. The van der Waals surface area contributed by atoms with Crippen LogP contribution in [0.4, 0.5) is 0 Å². The maximum atomic E-state index is 12.1. The number of nitrogens with zero attached hydrogens (tertiary/aromatic N) is 1. The van der Waals surface area contributed by atoms with E-state index in [2.05, 4.69) is 12.2 Å². The zero-order valence-corrected chi connectivity index (χ0v) is 10.1. The molecule has 0 spiro atoms. The summed E-state index contributed by atoms with van der Waals surface area (Å²) in [6.07, 6.45) is 5.72. The first-order valence-electron chi connectivity index (χ1n) is 5.99. The molecule has 3 rings (SSSR count). The van der Waals surface area contributed by atoms with Crippen LogP contribution in [0.3, 0.4) is 0 Å². The van der Waals surface area contributed by atoms with Crippen molar-refractivity contribution in [2.24, 2.45) is 23.7 Å². The molecule has 2 amide bonds. The lowest BCUT2D eigenvalue weighted by molar-refractivity contribution is -0.190. The van der Waals surface area contributed by atoms with Crippen LogP contribution < -0.4 is 0 Å². The van der Waals surface area contributed by atoms with Gasteiger partial charge in [0.2, 0.25) is 0 Å². The van der Waals surface area contributed by atoms with Crippen molar-refractivity contribution in [2.45, 2.75) is 12.8 Å². The summed E-state index contributed by atoms with van der Waals surface area (Å²) in [6, 6.07) is 0. The Bertz CT molecular complexity index is 365. The number of hydrogen-bond acceptors (Lipinski definition) is 3. The van der Waals surface area contributed by atoms with Gasteiger partial charge in [-0.05, 0) is 24.7 Å². The predicted molar refractivity (Wildman–Crippen MR) is 60.9 cm³/mol. The molecule has 2 bridgehead atoms. The van der Waals surface area contributed by atoms with Crippen LogP contribution in [0.5, 0.6) is 0 Å². The average Bonchev–Trinajstić information content (AvgIpc) is 2.97. The molecule has 0 N–H and O–H groups in total. The lowest BCUT2D eigenvalue weighted by Crippen LogP contribution is -2.33. The first-order chi connectivity index (χ1) is 8.24. The monoisotopic (exact) mass is 255 g/mol. The molecule has 1 heterocycles. The summed E-state index contributed by atoms with van der Waals surface area (Å²) in [4.78, 5) is 29.4. The highest BCUT2D eigenvalue weighted by atomic mass is 35.5. The lowest BCUT2D eigenvalue weighted by Gasteiger charge is -2.15. The van der Waals surface area contributed by atoms with E-state index < -0.39 is 0 Å². The van der Waals surface area contributed by atoms with Gasteiger partial charge < -0.3 is 0 Å². The van der Waals surface area contributed by atoms with Gasteiger partial charge in [-0.2, -0.15) is 5.06 Å². The van der Waals surface area contributed by atoms with Gasteiger partial charge in [-0.3, -0.25) is 14.4 Å². The first kappa shape index (κ1) is 11.2. The van der Waals surface area contributed by atoms with E-state index in [1.165, 1.54) is 0 Å². The van der Waals surface area contributed by atoms with Gasteiger partial charge in [0, 0.05) is 5.88 Å². The van der Waals surface area contributed by atoms with Crippen molar-refractivity contribution in [3.63, 3.8) is 0 Å². The highest BCUT2D eigenvalue weighted by molar-refractivity contribution is 6.17. The predicted octanol–water partition coefficient (Wildman–Crippen LogP) is 1.35. The van der Waals surface area contributed by atoms with Crippen molar-refractivity contribution in [3.8, 4) is 0 Å². The Morgan fingerprint density at radius 2 is 1.82 bits per heavy atom. The molecule has 0 radical (unpaired) electrons. The van der Waals surface area contributed by atoms with E-state index in [4.69, 9.17) is 16.4 Å². The molecule has 1 aliphatic heterocycles. The van der Waals surface area contributed by atoms with Crippen LogP contribution >= 0.6 is 11.6 Å². The summed E-state index contributed by atoms with van der Waals surface area (Å²) in [5.41, 5.74) is 0. The quantitative estimate of drug-likeness (QED) is 0.330. The normalized spacial score (nSPS) is 38.3. The van der Waals surface area contributed by atoms with Crippen molar-refractivity contribution in [3.05, 3.63) is 12.2 Å². The fourth-order valence-electron chi connectivity index (χ4n) is 3.21. The van der Waals surface area contributed by atoms with Gasteiger partial charge in [-0.15, -0.1) is 11.6 Å². The van der Waals surface area contributed by atoms with Gasteiger partial charge in [0.25, 0.3) is 11.8 Å². The number of allylic oxidation sites excluding steroid dienone is 2. The second kappa shape index (κ2) is 4.10. The van der Waals surface area contributed by atoms with E-state index >= 15 is 0 Å². The number of alkyl halides is 1. The number of halogens is 1. The van der Waals surface area contributed by atoms with Gasteiger partial charge in [0.1, 0.15) is 0 Å². The summed E-state index contributed by atoms with van der Waals surface area (Å²) in [7, 11) is 0. The van der Waals surface area contributed by atoms with E-state index in [-0.39, 0.29) is 35.5 Å². The summed E-state index contributed by atoms with van der Waals surface area (Å²) >= 11 is 5.53. The Morgan fingerprint density at radius 1 is 1.24 bits per heavy atom. The highest BCUT2D eigenvalue weighted by Gasteiger charge is 2.60. The third kappa shape index (κ3) is 1.54. The molecule has 4 nitrogen and oxygen atoms in total. The third-order valence-electron chi connectivity index (χ3n) is 3.93. The van der Waals surface area contributed by atoms with Gasteiger partial charge in [0.05, 0.1) is 18.4 Å². The molecular weight excluding hydrogens is 242 g/mol. The molecule has 1 saturated heterocycles. The molecule has 17 heavy (non-hydrogen) atoms. The Balaban J connectivity index is 1.74. The number of amides is 2. The van der Waals surface area contributed by atoms with Crippen molar-refractivity contribution < 1.29 is 14.4 Å². The van der Waals surface area contributed by atoms with Gasteiger partial charge in [0.15, 0.2) is 0 Å². The molecule has 2 fully saturated rings. The number of hydroxylamine groups is 2. The maximum Gasteiger partial charge on any atom is 0.258 e. The summed E-state index contributed by atoms with van der Waals surface area (Å²) in [5.74, 6) is 0.279. The van der Waals surface area contributed by atoms with Crippen molar-refractivity contribution >= 4 is 23.4 Å². The minimum atomic E-state index is -0.173. The minimum absolute atomic E-state index is 0.161. The van der Waals surface area contributed by atoms with Crippen LogP contribution in [0.2, 0.25) is 0 Å². The molecule has 1 saturated carbocycles. The fourth-order valence-corrected chi connectivity index (χ4v) is 3.32. The second-order valence-electron chi connectivity index (χ2n) is 4.85. The molecule has 3 aliphatic rings. The molecular formula is C12H14ClNO3. The fraction of sp³-hybridized carbons (Fsp3) is 0.667. The highest BCUT2D eigenvalue weighted by Crippen LogP contribution is 2.52. The Morgan fingerprint density at radius 3 is 2.35 bits per heavy atom. The topological polar surface area (TPSA) is 46.6 Å². The number of hydrogen-bond donors (Lipinski definition) is 0. The van der Waals surface area contributed by atoms with Gasteiger partial charge in [-0.25, -0.2) is 0 Å². The van der Waals surface area contributed by atoms with E-state index in [1.807, 2.05) is 0 Å². The zero-order valence-electron chi connectivity index (χ0n) is 9.34. The lowest BCUT2D eigenvalue weighted by atomic mass is 9.85. The molecule has 0 aromatic carbocycles. The number of carbonyl (C=O) groups is 2. The molecule has 4 atom stereocenters. The van der Waals surface area contributed by atoms with Crippen molar-refractivity contribution in [1.82, 2.24) is 5.06 Å². The molecule has 5 heteroatoms. The number of rotatable bonds is 4. The number of carbonyl (C=O) groups excluding carboxylic acids is 2. The smallest absolute Gasteiger partial charge is 0.258 e. The summed E-state index contributed by atoms with van der Waals surface area (Å²) in [6.45, 7) is 0.323. The maximum absolute atomic E-state index is 12.1. The second-order valence-corrected chi connectivity index (χ2v) is 5.22. The van der Waals surface area contributed by atoms with Crippen LogP contribution in [-0.2, 0) is 14.4 Å². The molecule has 2 unspecified atom stereocenters. The Labute approximate surface area is 105 Å². The van der Waals surface area contributed by atoms with E-state index in [1.54, 1.807) is 0 Å². The molecule has 92 valence electrons. The van der Waals surface area contributed by atoms with Crippen LogP contribution in [0.1, 0.15) is 12.8 Å². The van der Waals surface area contributed by atoms with Crippen molar-refractivity contribution in [1.29, 1.82) is 0 Å². The largest absolute Gasteiger partial charge is 0.272 e. The van der Waals surface area contributed by atoms with Crippen molar-refractivity contribution in [2.75, 3.05) is 12.5 Å². The Hall–Kier alpha value is -0.870. The van der Waals surface area contributed by atoms with E-state index in [0.29, 0.717) is 18.9 Å². The molecule has 0 aromatic rings. The van der Waals surface area contributed by atoms with Crippen LogP contribution in [0.15, 0.2) is 12.2 Å². The summed E-state index contributed by atoms with van der Waals surface area (Å²) in [5, 5.41) is 0.980. The standard InChI is InChI=1S/C12H14ClNO3/c13-4-1-5-17-14-11(15)9-7-2-3-8(6-7)10(9)12(14)16/h2-3,7-10H,1,4-6H2/t7-,8+,9?,10?. The zero-order chi connectivity index (χ0) is 12.0. The van der Waals surface area contributed by atoms with Gasteiger partial charge >= 0.3 is 0 Å². The molecule has 2 aliphatic carbocycles. The van der Waals surface area contributed by atoms with E-state index in [9.17, 15) is 9.59 Å². The minimum Gasteiger partial charge on any atom is -0.272 e. The van der Waals surface area contributed by atoms with Gasteiger partial charge in [-0.1, -0.05) is 12.2 Å². The van der Waals surface area contributed by atoms with E-state index in [0.717, 1.165) is 11.5 Å². The van der Waals surface area contributed by atoms with Crippen LogP contribution in [0.25, 0.3) is 0 Å². The average molecular weight is 256 g/mol. The number of fused-ring (bicyclic) bond motifs is 5. The number of imide groups is 1. The first-order valence-corrected chi connectivity index (χ1v) is 6.52. The Kier molecular flexibility index (Phi) is 2.71. The molecule has 0 aromatic heterocycles. The summed E-state index contributed by atoms with van der Waals surface area (Å²) < 4.78 is 0. The van der Waals surface area contributed by atoms with Crippen LogP contribution in [0, 0.1) is 23.7 Å². The van der Waals surface area contributed by atoms with Crippen LogP contribution in [-0.4, -0.2) is 29.4 Å². The third-order valence-corrected chi connectivity index (χ3v) is 4.20.